The summed E-state index contributed by atoms with van der Waals surface area (Å²) in [7, 11) is 1.97. The lowest BCUT2D eigenvalue weighted by molar-refractivity contribution is 0.237. The Kier molecular flexibility index (Phi) is 6.04. The van der Waals surface area contributed by atoms with E-state index in [4.69, 9.17) is 9.72 Å². The van der Waals surface area contributed by atoms with Gasteiger partial charge >= 0.3 is 0 Å². The largest absolute Gasteiger partial charge is 0.492 e. The third-order valence-electron chi connectivity index (χ3n) is 7.75. The van der Waals surface area contributed by atoms with Crippen LogP contribution >= 0.6 is 0 Å². The minimum absolute atomic E-state index is 0.345. The molecule has 9 nitrogen and oxygen atoms in total. The lowest BCUT2D eigenvalue weighted by atomic mass is 10.0. The number of likely N-dealkylation sites (tertiary alicyclic amines) is 1. The maximum absolute atomic E-state index is 14.7. The Bertz CT molecular complexity index is 1850. The van der Waals surface area contributed by atoms with Crippen LogP contribution in [0.2, 0.25) is 0 Å². The molecule has 1 aromatic carbocycles. The van der Waals surface area contributed by atoms with Crippen molar-refractivity contribution in [3.05, 3.63) is 66.6 Å². The van der Waals surface area contributed by atoms with Crippen LogP contribution in [0.15, 0.2) is 55.0 Å². The minimum Gasteiger partial charge on any atom is -0.492 e. The summed E-state index contributed by atoms with van der Waals surface area (Å²) in [4.78, 5) is 19.6. The molecule has 5 aromatic heterocycles. The molecule has 1 fully saturated rings. The number of fused-ring (bicyclic) bond motifs is 2. The zero-order valence-corrected chi connectivity index (χ0v) is 22.4. The highest BCUT2D eigenvalue weighted by atomic mass is 19.1. The van der Waals surface area contributed by atoms with E-state index in [0.717, 1.165) is 70.0 Å². The Hall–Kier alpha value is -4.57. The van der Waals surface area contributed by atoms with Gasteiger partial charge in [-0.2, -0.15) is 5.10 Å². The van der Waals surface area contributed by atoms with E-state index in [2.05, 4.69) is 30.0 Å². The number of hydrogen-bond donors (Lipinski definition) is 2. The van der Waals surface area contributed by atoms with E-state index in [1.165, 1.54) is 25.0 Å². The Morgan fingerprint density at radius 3 is 2.73 bits per heavy atom. The number of nitrogens with zero attached hydrogens (tertiary/aromatic N) is 6. The Morgan fingerprint density at radius 1 is 1.02 bits per heavy atom. The van der Waals surface area contributed by atoms with Crippen LogP contribution < -0.4 is 4.74 Å². The van der Waals surface area contributed by atoms with Gasteiger partial charge in [-0.05, 0) is 68.8 Å². The van der Waals surface area contributed by atoms with Gasteiger partial charge in [-0.25, -0.2) is 14.4 Å². The molecule has 0 aliphatic carbocycles. The van der Waals surface area contributed by atoms with E-state index >= 15 is 0 Å². The highest BCUT2D eigenvalue weighted by Gasteiger charge is 2.18. The summed E-state index contributed by atoms with van der Waals surface area (Å²) >= 11 is 0. The average molecular weight is 537 g/mol. The van der Waals surface area contributed by atoms with E-state index in [-0.39, 0.29) is 5.82 Å². The second-order valence-electron chi connectivity index (χ2n) is 10.3. The summed E-state index contributed by atoms with van der Waals surface area (Å²) in [5.74, 6) is 1.08. The fraction of sp³-hybridized carbons (Fsp3) is 0.267. The fourth-order valence-electron chi connectivity index (χ4n) is 5.48. The number of H-pyrrole nitrogens is 2. The van der Waals surface area contributed by atoms with Gasteiger partial charge in [-0.1, -0.05) is 0 Å². The molecular formula is C30H29FN8O. The van der Waals surface area contributed by atoms with Crippen molar-refractivity contribution in [1.82, 2.24) is 39.6 Å². The van der Waals surface area contributed by atoms with Crippen molar-refractivity contribution in [3.8, 4) is 39.7 Å². The topological polar surface area (TPSA) is 101 Å². The molecule has 0 saturated carbocycles. The zero-order chi connectivity index (χ0) is 27.2. The number of pyridine rings is 2. The second-order valence-corrected chi connectivity index (χ2v) is 10.3. The number of rotatable bonds is 7. The highest BCUT2D eigenvalue weighted by molar-refractivity contribution is 6.00. The summed E-state index contributed by atoms with van der Waals surface area (Å²) in [5, 5.41) is 8.58. The van der Waals surface area contributed by atoms with E-state index in [1.54, 1.807) is 12.4 Å². The van der Waals surface area contributed by atoms with Crippen molar-refractivity contribution in [2.45, 2.75) is 19.8 Å². The first-order valence-electron chi connectivity index (χ1n) is 13.5. The number of aromatic nitrogens is 7. The van der Waals surface area contributed by atoms with Crippen molar-refractivity contribution >= 4 is 21.9 Å². The van der Waals surface area contributed by atoms with Gasteiger partial charge in [0.1, 0.15) is 35.2 Å². The Balaban J connectivity index is 1.23. The van der Waals surface area contributed by atoms with Crippen LogP contribution in [0.5, 0.6) is 5.75 Å². The molecule has 0 spiro atoms. The normalized spacial score (nSPS) is 14.1. The summed E-state index contributed by atoms with van der Waals surface area (Å²) in [6.45, 7) is 5.54. The molecule has 6 heterocycles. The molecule has 40 heavy (non-hydrogen) atoms. The van der Waals surface area contributed by atoms with Gasteiger partial charge in [0.25, 0.3) is 0 Å². The zero-order valence-electron chi connectivity index (χ0n) is 22.4. The number of hydrogen-bond acceptors (Lipinski definition) is 6. The molecule has 0 atom stereocenters. The number of ether oxygens (including phenoxy) is 1. The monoisotopic (exact) mass is 536 g/mol. The maximum Gasteiger partial charge on any atom is 0.135 e. The molecule has 0 amide bonds. The summed E-state index contributed by atoms with van der Waals surface area (Å²) in [6.07, 6.45) is 7.81. The predicted molar refractivity (Wildman–Crippen MR) is 152 cm³/mol. The summed E-state index contributed by atoms with van der Waals surface area (Å²) in [6, 6.07) is 10.8. The van der Waals surface area contributed by atoms with Gasteiger partial charge < -0.3 is 14.3 Å². The van der Waals surface area contributed by atoms with Crippen LogP contribution in [0.25, 0.3) is 55.8 Å². The van der Waals surface area contributed by atoms with Crippen molar-refractivity contribution in [2.24, 2.45) is 7.05 Å². The minimum atomic E-state index is -0.345. The molecule has 1 saturated heterocycles. The molecule has 1 aliphatic rings. The van der Waals surface area contributed by atoms with Gasteiger partial charge in [-0.15, -0.1) is 0 Å². The van der Waals surface area contributed by atoms with E-state index in [1.807, 2.05) is 49.0 Å². The number of benzene rings is 1. The molecule has 10 heteroatoms. The summed E-state index contributed by atoms with van der Waals surface area (Å²) in [5.41, 5.74) is 7.15. The second kappa shape index (κ2) is 9.87. The molecule has 202 valence electrons. The van der Waals surface area contributed by atoms with E-state index in [0.29, 0.717) is 23.6 Å². The van der Waals surface area contributed by atoms with Crippen molar-refractivity contribution in [3.63, 3.8) is 0 Å². The maximum atomic E-state index is 14.7. The van der Waals surface area contributed by atoms with Crippen LogP contribution in [0.1, 0.15) is 18.7 Å². The molecule has 0 radical (unpaired) electrons. The van der Waals surface area contributed by atoms with Crippen LogP contribution in [-0.4, -0.2) is 65.8 Å². The van der Waals surface area contributed by atoms with Crippen LogP contribution in [0, 0.1) is 12.7 Å². The fourth-order valence-corrected chi connectivity index (χ4v) is 5.48. The number of aryl methyl sites for hydroxylation is 1. The third-order valence-corrected chi connectivity index (χ3v) is 7.75. The first-order valence-corrected chi connectivity index (χ1v) is 13.5. The predicted octanol–water partition coefficient (Wildman–Crippen LogP) is 5.49. The van der Waals surface area contributed by atoms with Crippen LogP contribution in [-0.2, 0) is 7.05 Å². The van der Waals surface area contributed by atoms with Gasteiger partial charge in [0.15, 0.2) is 0 Å². The summed E-state index contributed by atoms with van der Waals surface area (Å²) < 4.78 is 22.7. The lowest BCUT2D eigenvalue weighted by Crippen LogP contribution is -2.25. The third kappa shape index (κ3) is 4.40. The van der Waals surface area contributed by atoms with Crippen molar-refractivity contribution in [1.29, 1.82) is 0 Å². The quantitative estimate of drug-likeness (QED) is 0.280. The van der Waals surface area contributed by atoms with Crippen LogP contribution in [0.3, 0.4) is 0 Å². The molecule has 0 bridgehead atoms. The molecule has 6 aromatic rings. The van der Waals surface area contributed by atoms with E-state index < -0.39 is 0 Å². The first kappa shape index (κ1) is 24.5. The Morgan fingerprint density at radius 2 is 1.90 bits per heavy atom. The van der Waals surface area contributed by atoms with Gasteiger partial charge in [0.2, 0.25) is 0 Å². The van der Waals surface area contributed by atoms with Crippen molar-refractivity contribution in [2.75, 3.05) is 26.2 Å². The lowest BCUT2D eigenvalue weighted by Gasteiger charge is -2.15. The van der Waals surface area contributed by atoms with Crippen molar-refractivity contribution < 1.29 is 9.13 Å². The number of halogens is 1. The number of nitrogens with one attached hydrogen (secondary N) is 2. The van der Waals surface area contributed by atoms with Crippen LogP contribution in [0.4, 0.5) is 4.39 Å². The highest BCUT2D eigenvalue weighted by Crippen LogP contribution is 2.35. The molecule has 1 aliphatic heterocycles. The van der Waals surface area contributed by atoms with E-state index in [9.17, 15) is 4.39 Å². The first-order chi connectivity index (χ1) is 19.5. The Labute approximate surface area is 230 Å². The SMILES string of the molecule is Cc1ncc(-c2ccc3[nH]nc(-c4cc5c(-c6cc(F)cc(OCCN7CCCC7)c6)cncc5[nH]4)c3n2)n1C. The standard InChI is InChI=1S/C30H29FN8O/c1-18-33-17-28(38(18)2)24-5-6-25-29(35-24)30(37-36-25)26-14-22-23(15-32-16-27(22)34-26)19-11-20(31)13-21(12-19)40-10-9-39-7-3-4-8-39/h5-6,11-17,34H,3-4,7-10H2,1-2H3,(H,36,37). The average Bonchev–Trinajstić information content (AvgIpc) is 3.75. The molecule has 0 unspecified atom stereocenters. The number of aromatic amines is 2. The van der Waals surface area contributed by atoms with Gasteiger partial charge in [0, 0.05) is 36.8 Å². The molecule has 2 N–H and O–H groups in total. The number of imidazole rings is 1. The van der Waals surface area contributed by atoms with Gasteiger partial charge in [0.05, 0.1) is 40.5 Å². The smallest absolute Gasteiger partial charge is 0.135 e. The molecule has 7 rings (SSSR count). The molecular weight excluding hydrogens is 507 g/mol. The van der Waals surface area contributed by atoms with Gasteiger partial charge in [-0.3, -0.25) is 15.0 Å².